The van der Waals surface area contributed by atoms with Crippen molar-refractivity contribution >= 4 is 35.0 Å². The summed E-state index contributed by atoms with van der Waals surface area (Å²) in [7, 11) is 3.14. The van der Waals surface area contributed by atoms with E-state index in [-0.39, 0.29) is 16.8 Å². The van der Waals surface area contributed by atoms with Crippen LogP contribution in [0.4, 0.5) is 5.82 Å². The number of carbonyl (C=O) groups is 1. The highest BCUT2D eigenvalue weighted by atomic mass is 35.5. The molecule has 0 saturated heterocycles. The van der Waals surface area contributed by atoms with E-state index in [0.29, 0.717) is 57.2 Å². The van der Waals surface area contributed by atoms with E-state index in [0.717, 1.165) is 16.8 Å². The zero-order chi connectivity index (χ0) is 26.3. The third kappa shape index (κ3) is 5.00. The van der Waals surface area contributed by atoms with Crippen molar-refractivity contribution in [1.29, 1.82) is 0 Å². The Hall–Kier alpha value is -3.23. The molecule has 7 nitrogen and oxygen atoms in total. The number of Topliss-reactive ketones (excluding diaryl/α,β-unsaturated/α-hetero) is 1. The van der Waals surface area contributed by atoms with Crippen LogP contribution in [-0.4, -0.2) is 30.0 Å². The number of carbonyl (C=O) groups excluding carboxylic acids is 1. The highest BCUT2D eigenvalue weighted by Crippen LogP contribution is 2.48. The van der Waals surface area contributed by atoms with Gasteiger partial charge in [0.15, 0.2) is 22.4 Å². The monoisotopic (exact) mass is 537 g/mol. The first-order valence-electron chi connectivity index (χ1n) is 12.0. The lowest BCUT2D eigenvalue weighted by molar-refractivity contribution is -0.118. The molecule has 1 aliphatic carbocycles. The van der Waals surface area contributed by atoms with Crippen LogP contribution in [0.1, 0.15) is 49.3 Å². The molecule has 37 heavy (non-hydrogen) atoms. The quantitative estimate of drug-likeness (QED) is 0.297. The Labute approximate surface area is 224 Å². The minimum Gasteiger partial charge on any atom is -0.493 e. The molecular weight excluding hydrogens is 510 g/mol. The number of nitrogens with zero attached hydrogens (tertiary/aromatic N) is 1. The Morgan fingerprint density at radius 3 is 2.49 bits per heavy atom. The number of halogens is 1. The number of ether oxygens (including phenoxy) is 2. The molecule has 3 aromatic rings. The second-order valence-electron chi connectivity index (χ2n) is 10.1. The third-order valence-electron chi connectivity index (χ3n) is 6.73. The normalized spacial score (nSPS) is 18.1. The van der Waals surface area contributed by atoms with Gasteiger partial charge in [0.25, 0.3) is 5.56 Å². The van der Waals surface area contributed by atoms with E-state index in [9.17, 15) is 9.59 Å². The minimum absolute atomic E-state index is 0.0322. The predicted molar refractivity (Wildman–Crippen MR) is 146 cm³/mol. The molecule has 2 heterocycles. The van der Waals surface area contributed by atoms with Crippen LogP contribution in [0.5, 0.6) is 11.5 Å². The lowest BCUT2D eigenvalue weighted by atomic mass is 9.69. The molecule has 2 aromatic carbocycles. The van der Waals surface area contributed by atoms with E-state index in [1.807, 2.05) is 36.4 Å². The van der Waals surface area contributed by atoms with E-state index >= 15 is 0 Å². The maximum absolute atomic E-state index is 13.6. The zero-order valence-corrected chi connectivity index (χ0v) is 22.7. The summed E-state index contributed by atoms with van der Waals surface area (Å²) in [5, 5.41) is 4.54. The van der Waals surface area contributed by atoms with E-state index in [1.54, 1.807) is 20.3 Å². The molecule has 0 amide bonds. The average molecular weight is 538 g/mol. The van der Waals surface area contributed by atoms with Gasteiger partial charge in [-0.05, 0) is 47.2 Å². The predicted octanol–water partition coefficient (Wildman–Crippen LogP) is 5.93. The molecule has 2 aliphatic rings. The van der Waals surface area contributed by atoms with Gasteiger partial charge in [0.2, 0.25) is 0 Å². The standard InChI is InChI=1S/C28H28ClN3O4S/c1-28(2)12-18-23(19(33)13-28)22(16-7-10-20(35-3)21(11-16)36-4)24-25(30-18)31-27(32-26(24)34)37-14-15-5-8-17(29)9-6-15/h5-11,22H,12-14H2,1-4H3,(H2,30,31,32,34). The lowest BCUT2D eigenvalue weighted by Crippen LogP contribution is -2.37. The molecule has 1 atom stereocenters. The van der Waals surface area contributed by atoms with Gasteiger partial charge in [-0.3, -0.25) is 9.59 Å². The Bertz CT molecular complexity index is 1460. The molecule has 192 valence electrons. The van der Waals surface area contributed by atoms with Gasteiger partial charge in [0.05, 0.1) is 19.8 Å². The summed E-state index contributed by atoms with van der Waals surface area (Å²) in [6.45, 7) is 4.16. The summed E-state index contributed by atoms with van der Waals surface area (Å²) >= 11 is 7.43. The molecule has 0 radical (unpaired) electrons. The lowest BCUT2D eigenvalue weighted by Gasteiger charge is -2.38. The Balaban J connectivity index is 1.60. The first kappa shape index (κ1) is 25.4. The van der Waals surface area contributed by atoms with E-state index in [4.69, 9.17) is 26.1 Å². The molecule has 1 aromatic heterocycles. The molecule has 5 rings (SSSR count). The summed E-state index contributed by atoms with van der Waals surface area (Å²) in [6.07, 6.45) is 1.09. The molecule has 0 saturated carbocycles. The molecule has 0 fully saturated rings. The SMILES string of the molecule is COc1ccc(C2C3=C(CC(C)(C)CC3=O)Nc3nc(SCc4ccc(Cl)cc4)[nH]c(=O)c32)cc1OC. The molecular formula is C28H28ClN3O4S. The molecule has 0 bridgehead atoms. The Morgan fingerprint density at radius 2 is 1.78 bits per heavy atom. The maximum Gasteiger partial charge on any atom is 0.257 e. The number of methoxy groups -OCH3 is 2. The van der Waals surface area contributed by atoms with Crippen molar-refractivity contribution < 1.29 is 14.3 Å². The van der Waals surface area contributed by atoms with Gasteiger partial charge in [-0.15, -0.1) is 0 Å². The van der Waals surface area contributed by atoms with Gasteiger partial charge < -0.3 is 19.8 Å². The number of benzene rings is 2. The fraction of sp³-hybridized carbons (Fsp3) is 0.321. The second-order valence-corrected chi connectivity index (χ2v) is 11.5. The van der Waals surface area contributed by atoms with Gasteiger partial charge in [0, 0.05) is 34.4 Å². The highest BCUT2D eigenvalue weighted by molar-refractivity contribution is 7.98. The van der Waals surface area contributed by atoms with Crippen molar-refractivity contribution in [1.82, 2.24) is 9.97 Å². The van der Waals surface area contributed by atoms with Crippen molar-refractivity contribution in [2.45, 2.75) is 43.5 Å². The van der Waals surface area contributed by atoms with Crippen LogP contribution in [0, 0.1) is 5.41 Å². The van der Waals surface area contributed by atoms with Crippen LogP contribution < -0.4 is 20.3 Å². The van der Waals surface area contributed by atoms with Crippen molar-refractivity contribution in [2.24, 2.45) is 5.41 Å². The number of ketones is 1. The summed E-state index contributed by atoms with van der Waals surface area (Å²) in [5.74, 6) is 1.67. The molecule has 1 unspecified atom stereocenters. The van der Waals surface area contributed by atoms with E-state index in [1.165, 1.54) is 11.8 Å². The van der Waals surface area contributed by atoms with Crippen LogP contribution in [-0.2, 0) is 10.5 Å². The van der Waals surface area contributed by atoms with Gasteiger partial charge in [-0.1, -0.05) is 55.4 Å². The number of thioether (sulfide) groups is 1. The zero-order valence-electron chi connectivity index (χ0n) is 21.1. The highest BCUT2D eigenvalue weighted by Gasteiger charge is 2.42. The molecule has 2 N–H and O–H groups in total. The number of nitrogens with one attached hydrogen (secondary N) is 2. The molecule has 9 heteroatoms. The number of hydrogen-bond donors (Lipinski definition) is 2. The van der Waals surface area contributed by atoms with Crippen LogP contribution in [0.25, 0.3) is 0 Å². The summed E-state index contributed by atoms with van der Waals surface area (Å²) < 4.78 is 10.9. The van der Waals surface area contributed by atoms with Crippen molar-refractivity contribution in [3.05, 3.63) is 85.8 Å². The van der Waals surface area contributed by atoms with Gasteiger partial charge in [-0.25, -0.2) is 4.98 Å². The fourth-order valence-electron chi connectivity index (χ4n) is 5.06. The van der Waals surface area contributed by atoms with E-state index < -0.39 is 5.92 Å². The number of rotatable bonds is 6. The van der Waals surface area contributed by atoms with Crippen LogP contribution >= 0.6 is 23.4 Å². The summed E-state index contributed by atoms with van der Waals surface area (Å²) in [4.78, 5) is 34.8. The average Bonchev–Trinajstić information content (AvgIpc) is 2.86. The van der Waals surface area contributed by atoms with Crippen LogP contribution in [0.15, 0.2) is 63.7 Å². The topological polar surface area (TPSA) is 93.3 Å². The number of allylic oxidation sites excluding steroid dienone is 2. The van der Waals surface area contributed by atoms with Crippen molar-refractivity contribution in [2.75, 3.05) is 19.5 Å². The number of aromatic amines is 1. The van der Waals surface area contributed by atoms with Gasteiger partial charge in [-0.2, -0.15) is 0 Å². The van der Waals surface area contributed by atoms with E-state index in [2.05, 4.69) is 24.1 Å². The number of hydrogen-bond acceptors (Lipinski definition) is 7. The van der Waals surface area contributed by atoms with Crippen LogP contribution in [0.3, 0.4) is 0 Å². The maximum atomic E-state index is 13.6. The Kier molecular flexibility index (Phi) is 6.81. The number of aromatic nitrogens is 2. The first-order chi connectivity index (χ1) is 17.7. The van der Waals surface area contributed by atoms with Gasteiger partial charge >= 0.3 is 0 Å². The smallest absolute Gasteiger partial charge is 0.257 e. The van der Waals surface area contributed by atoms with Crippen LogP contribution in [0.2, 0.25) is 5.02 Å². The number of anilines is 1. The number of H-pyrrole nitrogens is 1. The fourth-order valence-corrected chi connectivity index (χ4v) is 6.00. The van der Waals surface area contributed by atoms with Crippen molar-refractivity contribution in [3.8, 4) is 11.5 Å². The van der Waals surface area contributed by atoms with Crippen molar-refractivity contribution in [3.63, 3.8) is 0 Å². The van der Waals surface area contributed by atoms with Gasteiger partial charge in [0.1, 0.15) is 5.82 Å². The Morgan fingerprint density at radius 1 is 1.05 bits per heavy atom. The second kappa shape index (κ2) is 9.91. The molecule has 0 spiro atoms. The number of fused-ring (bicyclic) bond motifs is 1. The third-order valence-corrected chi connectivity index (χ3v) is 7.93. The first-order valence-corrected chi connectivity index (χ1v) is 13.3. The minimum atomic E-state index is -0.568. The summed E-state index contributed by atoms with van der Waals surface area (Å²) in [5.41, 5.74) is 3.23. The summed E-state index contributed by atoms with van der Waals surface area (Å²) in [6, 6.07) is 13.1. The molecule has 1 aliphatic heterocycles. The largest absolute Gasteiger partial charge is 0.493 e.